The molecular weight excluding hydrogens is 268 g/mol. The zero-order chi connectivity index (χ0) is 15.5. The number of epoxide rings is 1. The first-order valence-electron chi connectivity index (χ1n) is 10.2. The number of hydrogen-bond acceptors (Lipinski definition) is 1. The van der Waals surface area contributed by atoms with Crippen molar-refractivity contribution in [2.45, 2.75) is 97.2 Å². The fourth-order valence-corrected chi connectivity index (χ4v) is 6.83. The summed E-state index contributed by atoms with van der Waals surface area (Å²) in [6.07, 6.45) is 13.6. The largest absolute Gasteiger partial charge is 0.366 e. The van der Waals surface area contributed by atoms with Crippen LogP contribution < -0.4 is 0 Å². The molecule has 0 radical (unpaired) electrons. The van der Waals surface area contributed by atoms with Crippen LogP contribution in [-0.2, 0) is 4.74 Å². The van der Waals surface area contributed by atoms with Gasteiger partial charge in [0, 0.05) is 0 Å². The summed E-state index contributed by atoms with van der Waals surface area (Å²) in [5.74, 6) is 4.95. The Labute approximate surface area is 137 Å². The average Bonchev–Trinajstić information content (AvgIpc) is 3.33. The van der Waals surface area contributed by atoms with Gasteiger partial charge in [-0.1, -0.05) is 40.0 Å². The summed E-state index contributed by atoms with van der Waals surface area (Å²) in [5, 5.41) is 0. The molecule has 126 valence electrons. The van der Waals surface area contributed by atoms with Crippen molar-refractivity contribution in [3.05, 3.63) is 0 Å². The van der Waals surface area contributed by atoms with Gasteiger partial charge in [-0.05, 0) is 80.5 Å². The van der Waals surface area contributed by atoms with Crippen molar-refractivity contribution in [2.24, 2.45) is 35.0 Å². The van der Waals surface area contributed by atoms with Gasteiger partial charge in [0.2, 0.25) is 0 Å². The zero-order valence-corrected chi connectivity index (χ0v) is 15.2. The lowest BCUT2D eigenvalue weighted by molar-refractivity contribution is 0.0952. The highest BCUT2D eigenvalue weighted by Crippen LogP contribution is 2.68. The predicted molar refractivity (Wildman–Crippen MR) is 91.7 cm³/mol. The zero-order valence-electron chi connectivity index (χ0n) is 15.2. The minimum Gasteiger partial charge on any atom is -0.366 e. The molecule has 3 saturated carbocycles. The van der Waals surface area contributed by atoms with Gasteiger partial charge in [0.05, 0.1) is 11.7 Å². The Balaban J connectivity index is 1.46. The van der Waals surface area contributed by atoms with E-state index in [1.165, 1.54) is 51.4 Å². The highest BCUT2D eigenvalue weighted by Gasteiger charge is 2.63. The van der Waals surface area contributed by atoms with Gasteiger partial charge in [-0.3, -0.25) is 0 Å². The van der Waals surface area contributed by atoms with Gasteiger partial charge >= 0.3 is 0 Å². The van der Waals surface area contributed by atoms with Crippen LogP contribution >= 0.6 is 0 Å². The molecule has 1 nitrogen and oxygen atoms in total. The minimum absolute atomic E-state index is 0.268. The van der Waals surface area contributed by atoms with E-state index in [1.54, 1.807) is 6.42 Å². The van der Waals surface area contributed by atoms with E-state index in [0.29, 0.717) is 6.10 Å². The topological polar surface area (TPSA) is 12.5 Å². The lowest BCUT2D eigenvalue weighted by atomic mass is 9.63. The first-order valence-corrected chi connectivity index (χ1v) is 10.2. The number of ether oxygens (including phenoxy) is 1. The molecule has 0 spiro atoms. The Morgan fingerprint density at radius 1 is 0.864 bits per heavy atom. The van der Waals surface area contributed by atoms with Gasteiger partial charge in [-0.2, -0.15) is 0 Å². The third-order valence-electron chi connectivity index (χ3n) is 7.95. The molecule has 1 aliphatic heterocycles. The van der Waals surface area contributed by atoms with E-state index in [4.69, 9.17) is 4.74 Å². The third kappa shape index (κ3) is 2.46. The van der Waals surface area contributed by atoms with Crippen LogP contribution in [-0.4, -0.2) is 11.7 Å². The smallest absolute Gasteiger partial charge is 0.0926 e. The van der Waals surface area contributed by atoms with Crippen molar-refractivity contribution >= 4 is 0 Å². The van der Waals surface area contributed by atoms with Crippen LogP contribution in [0.1, 0.15) is 85.5 Å². The fraction of sp³-hybridized carbons (Fsp3) is 1.00. The Bertz CT molecular complexity index is 392. The van der Waals surface area contributed by atoms with Crippen molar-refractivity contribution in [3.63, 3.8) is 0 Å². The highest BCUT2D eigenvalue weighted by molar-refractivity contribution is 5.12. The van der Waals surface area contributed by atoms with E-state index in [1.807, 2.05) is 0 Å². The molecule has 8 atom stereocenters. The summed E-state index contributed by atoms with van der Waals surface area (Å²) in [5.41, 5.74) is 0.996. The second-order valence-electron chi connectivity index (χ2n) is 9.81. The maximum absolute atomic E-state index is 6.19. The van der Waals surface area contributed by atoms with Crippen molar-refractivity contribution in [1.82, 2.24) is 0 Å². The Hall–Kier alpha value is -0.0400. The fourth-order valence-electron chi connectivity index (χ4n) is 6.83. The van der Waals surface area contributed by atoms with E-state index in [0.717, 1.165) is 35.0 Å². The lowest BCUT2D eigenvalue weighted by Gasteiger charge is -2.41. The van der Waals surface area contributed by atoms with E-state index in [9.17, 15) is 0 Å². The molecule has 0 aromatic rings. The molecule has 4 fully saturated rings. The van der Waals surface area contributed by atoms with Crippen LogP contribution in [0, 0.1) is 35.0 Å². The first kappa shape index (κ1) is 15.5. The molecular formula is C21H36O. The summed E-state index contributed by atoms with van der Waals surface area (Å²) in [6, 6.07) is 0. The van der Waals surface area contributed by atoms with Crippen molar-refractivity contribution < 1.29 is 4.74 Å². The Morgan fingerprint density at radius 2 is 1.50 bits per heavy atom. The molecule has 1 heteroatoms. The molecule has 1 saturated heterocycles. The number of hydrogen-bond donors (Lipinski definition) is 0. The van der Waals surface area contributed by atoms with Crippen LogP contribution in [0.2, 0.25) is 0 Å². The number of rotatable bonds is 5. The van der Waals surface area contributed by atoms with Crippen molar-refractivity contribution in [1.29, 1.82) is 0 Å². The molecule has 0 amide bonds. The van der Waals surface area contributed by atoms with Gasteiger partial charge in [0.25, 0.3) is 0 Å². The summed E-state index contributed by atoms with van der Waals surface area (Å²) >= 11 is 0. The number of fused-ring (bicyclic) bond motifs is 2. The Kier molecular flexibility index (Phi) is 3.68. The predicted octanol–water partition coefficient (Wildman–Crippen LogP) is 5.82. The van der Waals surface area contributed by atoms with Gasteiger partial charge in [-0.15, -0.1) is 0 Å². The van der Waals surface area contributed by atoms with Gasteiger partial charge < -0.3 is 4.74 Å². The first-order chi connectivity index (χ1) is 10.5. The van der Waals surface area contributed by atoms with Gasteiger partial charge in [0.1, 0.15) is 0 Å². The second kappa shape index (κ2) is 5.23. The quantitative estimate of drug-likeness (QED) is 0.583. The van der Waals surface area contributed by atoms with Gasteiger partial charge in [-0.25, -0.2) is 0 Å². The third-order valence-corrected chi connectivity index (χ3v) is 7.95. The summed E-state index contributed by atoms with van der Waals surface area (Å²) in [6.45, 7) is 9.72. The average molecular weight is 305 g/mol. The summed E-state index contributed by atoms with van der Waals surface area (Å²) in [4.78, 5) is 0. The lowest BCUT2D eigenvalue weighted by Crippen LogP contribution is -2.36. The maximum Gasteiger partial charge on any atom is 0.0926 e. The van der Waals surface area contributed by atoms with Gasteiger partial charge in [0.15, 0.2) is 0 Å². The van der Waals surface area contributed by atoms with Crippen LogP contribution in [0.4, 0.5) is 0 Å². The SMILES string of the molecule is CCCC1CC(C2CC(CCC)C3OC3(C)C2)CC2(C)CC12. The molecule has 0 aromatic heterocycles. The van der Waals surface area contributed by atoms with Crippen LogP contribution in [0.3, 0.4) is 0 Å². The molecule has 0 bridgehead atoms. The summed E-state index contributed by atoms with van der Waals surface area (Å²) < 4.78 is 6.19. The van der Waals surface area contributed by atoms with E-state index in [2.05, 4.69) is 27.7 Å². The second-order valence-corrected chi connectivity index (χ2v) is 9.81. The standard InChI is InChI=1S/C21H36O/c1-5-7-14-9-16(11-20(3)13-18(14)20)17-10-15(8-6-2)19-21(4,12-17)22-19/h14-19H,5-13H2,1-4H3. The van der Waals surface area contributed by atoms with Crippen molar-refractivity contribution in [2.75, 3.05) is 0 Å². The van der Waals surface area contributed by atoms with E-state index >= 15 is 0 Å². The molecule has 4 aliphatic rings. The van der Waals surface area contributed by atoms with E-state index < -0.39 is 0 Å². The monoisotopic (exact) mass is 304 g/mol. The molecule has 4 rings (SSSR count). The molecule has 22 heavy (non-hydrogen) atoms. The molecule has 3 aliphatic carbocycles. The Morgan fingerprint density at radius 3 is 2.23 bits per heavy atom. The molecule has 0 N–H and O–H groups in total. The summed E-state index contributed by atoms with van der Waals surface area (Å²) in [7, 11) is 0. The van der Waals surface area contributed by atoms with Crippen molar-refractivity contribution in [3.8, 4) is 0 Å². The molecule has 1 heterocycles. The van der Waals surface area contributed by atoms with Crippen LogP contribution in [0.15, 0.2) is 0 Å². The van der Waals surface area contributed by atoms with Crippen LogP contribution in [0.5, 0.6) is 0 Å². The normalized spacial score (nSPS) is 56.2. The van der Waals surface area contributed by atoms with Crippen LogP contribution in [0.25, 0.3) is 0 Å². The molecule has 0 aromatic carbocycles. The maximum atomic E-state index is 6.19. The molecule has 8 unspecified atom stereocenters. The van der Waals surface area contributed by atoms with E-state index in [-0.39, 0.29) is 5.60 Å². The highest BCUT2D eigenvalue weighted by atomic mass is 16.6. The minimum atomic E-state index is 0.268.